The Balaban J connectivity index is 2.04. The van der Waals surface area contributed by atoms with Crippen LogP contribution in [0.4, 0.5) is 0 Å². The Morgan fingerprint density at radius 2 is 1.94 bits per heavy atom. The monoisotopic (exact) mass is 269 g/mol. The second-order valence-electron chi connectivity index (χ2n) is 5.68. The molecular weight excluding hydrogens is 250 g/mol. The molecule has 2 rings (SSSR count). The van der Waals surface area contributed by atoms with Crippen LogP contribution in [-0.2, 0) is 0 Å². The molecular formula is C14H20ClNS. The fourth-order valence-corrected chi connectivity index (χ4v) is 3.97. The smallest absolute Gasteiger partial charge is 0.0406 e. The fourth-order valence-electron chi connectivity index (χ4n) is 2.36. The van der Waals surface area contributed by atoms with Gasteiger partial charge in [0, 0.05) is 21.2 Å². The first-order chi connectivity index (χ1) is 7.96. The molecule has 2 unspecified atom stereocenters. The first-order valence-electron chi connectivity index (χ1n) is 6.14. The van der Waals surface area contributed by atoms with Crippen molar-refractivity contribution in [3.8, 4) is 0 Å². The van der Waals surface area contributed by atoms with E-state index in [1.807, 2.05) is 23.9 Å². The van der Waals surface area contributed by atoms with Crippen LogP contribution in [0, 0.1) is 5.41 Å². The summed E-state index contributed by atoms with van der Waals surface area (Å²) in [6.07, 6.45) is 3.57. The lowest BCUT2D eigenvalue weighted by Gasteiger charge is -2.38. The average molecular weight is 270 g/mol. The lowest BCUT2D eigenvalue weighted by Crippen LogP contribution is -2.41. The van der Waals surface area contributed by atoms with E-state index in [0.717, 1.165) is 11.4 Å². The Hall–Kier alpha value is -0.180. The van der Waals surface area contributed by atoms with E-state index in [1.165, 1.54) is 17.7 Å². The molecule has 1 saturated carbocycles. The van der Waals surface area contributed by atoms with Crippen LogP contribution in [0.25, 0.3) is 0 Å². The molecule has 0 amide bonds. The van der Waals surface area contributed by atoms with E-state index in [1.54, 1.807) is 0 Å². The Bertz CT molecular complexity index is 374. The number of thioether (sulfide) groups is 1. The van der Waals surface area contributed by atoms with E-state index in [-0.39, 0.29) is 0 Å². The zero-order valence-electron chi connectivity index (χ0n) is 10.4. The van der Waals surface area contributed by atoms with E-state index in [9.17, 15) is 0 Å². The maximum Gasteiger partial charge on any atom is 0.0406 e. The minimum atomic E-state index is 0.323. The van der Waals surface area contributed by atoms with Gasteiger partial charge in [0.05, 0.1) is 0 Å². The molecule has 0 bridgehead atoms. The molecule has 1 aromatic rings. The highest BCUT2D eigenvalue weighted by Crippen LogP contribution is 2.42. The lowest BCUT2D eigenvalue weighted by atomic mass is 9.75. The Morgan fingerprint density at radius 1 is 1.29 bits per heavy atom. The molecule has 0 radical (unpaired) electrons. The molecule has 1 nitrogen and oxygen atoms in total. The highest BCUT2D eigenvalue weighted by atomic mass is 35.5. The van der Waals surface area contributed by atoms with E-state index in [2.05, 4.69) is 26.0 Å². The van der Waals surface area contributed by atoms with Gasteiger partial charge in [-0.25, -0.2) is 0 Å². The zero-order valence-corrected chi connectivity index (χ0v) is 12.0. The first-order valence-corrected chi connectivity index (χ1v) is 7.40. The predicted molar refractivity (Wildman–Crippen MR) is 76.7 cm³/mol. The molecule has 94 valence electrons. The number of hydrogen-bond acceptors (Lipinski definition) is 2. The summed E-state index contributed by atoms with van der Waals surface area (Å²) < 4.78 is 0. The van der Waals surface area contributed by atoms with Crippen molar-refractivity contribution in [2.75, 3.05) is 0 Å². The van der Waals surface area contributed by atoms with Crippen molar-refractivity contribution in [1.29, 1.82) is 0 Å². The third-order valence-corrected chi connectivity index (χ3v) is 5.10. The molecule has 0 aliphatic heterocycles. The third-order valence-electron chi connectivity index (χ3n) is 3.49. The summed E-state index contributed by atoms with van der Waals surface area (Å²) in [6, 6.07) is 8.39. The SMILES string of the molecule is CC1(C)CCC(N)C(Sc2ccc(Cl)cc2)C1. The summed E-state index contributed by atoms with van der Waals surface area (Å²) in [5, 5.41) is 1.32. The van der Waals surface area contributed by atoms with Crippen LogP contribution in [-0.4, -0.2) is 11.3 Å². The summed E-state index contributed by atoms with van der Waals surface area (Å²) in [4.78, 5) is 1.27. The Labute approximate surface area is 113 Å². The van der Waals surface area contributed by atoms with Gasteiger partial charge in [-0.1, -0.05) is 25.4 Å². The minimum absolute atomic E-state index is 0.323. The van der Waals surface area contributed by atoms with Crippen LogP contribution in [0.5, 0.6) is 0 Å². The van der Waals surface area contributed by atoms with Crippen LogP contribution >= 0.6 is 23.4 Å². The fraction of sp³-hybridized carbons (Fsp3) is 0.571. The van der Waals surface area contributed by atoms with Crippen molar-refractivity contribution in [3.63, 3.8) is 0 Å². The molecule has 2 N–H and O–H groups in total. The van der Waals surface area contributed by atoms with E-state index in [0.29, 0.717) is 16.7 Å². The normalized spacial score (nSPS) is 28.0. The number of hydrogen-bond donors (Lipinski definition) is 1. The van der Waals surface area contributed by atoms with Gasteiger partial charge in [-0.15, -0.1) is 11.8 Å². The van der Waals surface area contributed by atoms with Crippen molar-refractivity contribution < 1.29 is 0 Å². The second-order valence-corrected chi connectivity index (χ2v) is 7.43. The minimum Gasteiger partial charge on any atom is -0.327 e. The lowest BCUT2D eigenvalue weighted by molar-refractivity contribution is 0.232. The summed E-state index contributed by atoms with van der Waals surface area (Å²) in [7, 11) is 0. The topological polar surface area (TPSA) is 26.0 Å². The molecule has 3 heteroatoms. The Kier molecular flexibility index (Phi) is 4.06. The maximum absolute atomic E-state index is 6.23. The van der Waals surface area contributed by atoms with Gasteiger partial charge in [0.15, 0.2) is 0 Å². The van der Waals surface area contributed by atoms with Crippen molar-refractivity contribution in [2.24, 2.45) is 11.1 Å². The summed E-state index contributed by atoms with van der Waals surface area (Å²) in [5.41, 5.74) is 6.66. The number of benzene rings is 1. The van der Waals surface area contributed by atoms with Crippen LogP contribution in [0.3, 0.4) is 0 Å². The van der Waals surface area contributed by atoms with Crippen molar-refractivity contribution in [2.45, 2.75) is 49.3 Å². The van der Waals surface area contributed by atoms with Gasteiger partial charge in [-0.3, -0.25) is 0 Å². The average Bonchev–Trinajstić information content (AvgIpc) is 2.26. The molecule has 17 heavy (non-hydrogen) atoms. The van der Waals surface area contributed by atoms with Gasteiger partial charge < -0.3 is 5.73 Å². The zero-order chi connectivity index (χ0) is 12.5. The predicted octanol–water partition coefficient (Wildman–Crippen LogP) is 4.34. The first kappa shape index (κ1) is 13.3. The number of rotatable bonds is 2. The van der Waals surface area contributed by atoms with E-state index >= 15 is 0 Å². The maximum atomic E-state index is 6.23. The third kappa shape index (κ3) is 3.64. The molecule has 0 spiro atoms. The van der Waals surface area contributed by atoms with Crippen LogP contribution in [0.1, 0.15) is 33.1 Å². The second kappa shape index (κ2) is 5.21. The van der Waals surface area contributed by atoms with E-state index in [4.69, 9.17) is 17.3 Å². The molecule has 0 saturated heterocycles. The highest BCUT2D eigenvalue weighted by Gasteiger charge is 2.33. The molecule has 1 aromatic carbocycles. The Morgan fingerprint density at radius 3 is 2.59 bits per heavy atom. The van der Waals surface area contributed by atoms with Gasteiger partial charge in [0.1, 0.15) is 0 Å². The molecule has 1 aliphatic carbocycles. The molecule has 1 aliphatic rings. The summed E-state index contributed by atoms with van der Waals surface area (Å²) >= 11 is 7.79. The van der Waals surface area contributed by atoms with Crippen molar-refractivity contribution >= 4 is 23.4 Å². The number of nitrogens with two attached hydrogens (primary N) is 1. The molecule has 2 atom stereocenters. The van der Waals surface area contributed by atoms with Crippen molar-refractivity contribution in [3.05, 3.63) is 29.3 Å². The van der Waals surface area contributed by atoms with Gasteiger partial charge in [-0.2, -0.15) is 0 Å². The van der Waals surface area contributed by atoms with Gasteiger partial charge >= 0.3 is 0 Å². The molecule has 0 aromatic heterocycles. The summed E-state index contributed by atoms with van der Waals surface area (Å²) in [5.74, 6) is 0. The number of halogens is 1. The van der Waals surface area contributed by atoms with E-state index < -0.39 is 0 Å². The van der Waals surface area contributed by atoms with Crippen molar-refractivity contribution in [1.82, 2.24) is 0 Å². The molecule has 0 heterocycles. The largest absolute Gasteiger partial charge is 0.327 e. The van der Waals surface area contributed by atoms with Gasteiger partial charge in [0.2, 0.25) is 0 Å². The van der Waals surface area contributed by atoms with Crippen LogP contribution < -0.4 is 5.73 Å². The van der Waals surface area contributed by atoms with Crippen LogP contribution in [0.15, 0.2) is 29.2 Å². The highest BCUT2D eigenvalue weighted by molar-refractivity contribution is 8.00. The standard InChI is InChI=1S/C14H20ClNS/c1-14(2)8-7-12(16)13(9-14)17-11-5-3-10(15)4-6-11/h3-6,12-13H,7-9,16H2,1-2H3. The van der Waals surface area contributed by atoms with Gasteiger partial charge in [0.25, 0.3) is 0 Å². The summed E-state index contributed by atoms with van der Waals surface area (Å²) in [6.45, 7) is 4.68. The van der Waals surface area contributed by atoms with Crippen LogP contribution in [0.2, 0.25) is 5.02 Å². The quantitative estimate of drug-likeness (QED) is 0.864. The van der Waals surface area contributed by atoms with Gasteiger partial charge in [-0.05, 0) is 48.9 Å². The molecule has 1 fully saturated rings.